The summed E-state index contributed by atoms with van der Waals surface area (Å²) in [5, 5.41) is 8.63. The van der Waals surface area contributed by atoms with E-state index in [1.165, 1.54) is 0 Å². The van der Waals surface area contributed by atoms with Crippen LogP contribution >= 0.6 is 0 Å². The summed E-state index contributed by atoms with van der Waals surface area (Å²) in [6.45, 7) is 7.72. The molecule has 35 heavy (non-hydrogen) atoms. The van der Waals surface area contributed by atoms with Crippen molar-refractivity contribution in [3.63, 3.8) is 0 Å². The van der Waals surface area contributed by atoms with Crippen molar-refractivity contribution in [3.8, 4) is 5.75 Å². The number of ether oxygens (including phenoxy) is 2. The maximum absolute atomic E-state index is 14.4. The third kappa shape index (κ3) is 4.80. The summed E-state index contributed by atoms with van der Waals surface area (Å²) in [5.41, 5.74) is 0.870. The normalized spacial score (nSPS) is 18.8. The Bertz CT molecular complexity index is 1250. The van der Waals surface area contributed by atoms with Gasteiger partial charge in [-0.05, 0) is 57.2 Å². The number of fused-ring (bicyclic) bond motifs is 1. The minimum Gasteiger partial charge on any atom is -0.474 e. The van der Waals surface area contributed by atoms with E-state index in [1.54, 1.807) is 26.0 Å². The number of halogens is 1. The molecule has 1 atom stereocenters. The minimum absolute atomic E-state index is 0.0582. The summed E-state index contributed by atoms with van der Waals surface area (Å²) in [6.07, 6.45) is 1.08. The van der Waals surface area contributed by atoms with Crippen molar-refractivity contribution in [3.05, 3.63) is 48.4 Å². The Morgan fingerprint density at radius 3 is 2.71 bits per heavy atom. The van der Waals surface area contributed by atoms with E-state index in [9.17, 15) is 9.18 Å². The molecule has 0 saturated carbocycles. The van der Waals surface area contributed by atoms with Crippen molar-refractivity contribution in [2.45, 2.75) is 32.4 Å². The highest BCUT2D eigenvalue weighted by Gasteiger charge is 2.36. The average Bonchev–Trinajstić information content (AvgIpc) is 2.83. The highest BCUT2D eigenvalue weighted by atomic mass is 19.1. The van der Waals surface area contributed by atoms with Crippen LogP contribution in [0.1, 0.15) is 20.8 Å². The number of morpholine rings is 1. The second-order valence-electron chi connectivity index (χ2n) is 8.91. The van der Waals surface area contributed by atoms with Crippen LogP contribution in [0.3, 0.4) is 0 Å². The van der Waals surface area contributed by atoms with E-state index < -0.39 is 11.4 Å². The summed E-state index contributed by atoms with van der Waals surface area (Å²) in [4.78, 5) is 27.0. The quantitative estimate of drug-likeness (QED) is 0.502. The third-order valence-corrected chi connectivity index (χ3v) is 5.82. The number of carbonyl (C=O) groups excluding carboxylic acids is 1. The molecule has 0 bridgehead atoms. The van der Waals surface area contributed by atoms with Gasteiger partial charge in [-0.15, -0.1) is 0 Å². The molecule has 2 aliphatic heterocycles. The smallest absolute Gasteiger partial charge is 0.269 e. The van der Waals surface area contributed by atoms with Gasteiger partial charge in [0.2, 0.25) is 5.95 Å². The van der Waals surface area contributed by atoms with Crippen LogP contribution in [0, 0.1) is 5.82 Å². The molecule has 4 heterocycles. The minimum atomic E-state index is -0.998. The van der Waals surface area contributed by atoms with Crippen molar-refractivity contribution in [2.24, 2.45) is 0 Å². The Balaban J connectivity index is 1.30. The van der Waals surface area contributed by atoms with E-state index in [0.29, 0.717) is 30.8 Å². The molecule has 0 unspecified atom stereocenters. The number of amides is 1. The fourth-order valence-corrected chi connectivity index (χ4v) is 3.88. The van der Waals surface area contributed by atoms with E-state index in [2.05, 4.69) is 42.7 Å². The molecule has 0 aliphatic carbocycles. The molecule has 1 amide bonds. The second-order valence-corrected chi connectivity index (χ2v) is 8.91. The van der Waals surface area contributed by atoms with Crippen LogP contribution in [0.5, 0.6) is 5.75 Å². The van der Waals surface area contributed by atoms with Crippen LogP contribution in [0.4, 0.5) is 39.2 Å². The molecule has 1 saturated heterocycles. The van der Waals surface area contributed by atoms with E-state index >= 15 is 0 Å². The molecule has 2 aliphatic rings. The van der Waals surface area contributed by atoms with E-state index in [4.69, 9.17) is 9.47 Å². The highest BCUT2D eigenvalue weighted by molar-refractivity contribution is 5.99. The largest absolute Gasteiger partial charge is 0.474 e. The average molecular weight is 480 g/mol. The molecule has 0 spiro atoms. The summed E-state index contributed by atoms with van der Waals surface area (Å²) in [5.74, 6) is 0.175. The number of anilines is 6. The van der Waals surface area contributed by atoms with Crippen LogP contribution in [0.25, 0.3) is 0 Å². The first-order chi connectivity index (χ1) is 16.8. The first-order valence-electron chi connectivity index (χ1n) is 11.3. The van der Waals surface area contributed by atoms with Gasteiger partial charge < -0.3 is 30.3 Å². The number of aromatic nitrogens is 3. The van der Waals surface area contributed by atoms with Crippen LogP contribution in [-0.4, -0.2) is 52.3 Å². The van der Waals surface area contributed by atoms with E-state index in [-0.39, 0.29) is 23.5 Å². The van der Waals surface area contributed by atoms with Crippen molar-refractivity contribution in [2.75, 3.05) is 40.6 Å². The predicted octanol–water partition coefficient (Wildman–Crippen LogP) is 3.83. The number of nitrogens with zero attached hydrogens (tertiary/aromatic N) is 4. The molecule has 11 heteroatoms. The van der Waals surface area contributed by atoms with Gasteiger partial charge in [-0.25, -0.2) is 14.4 Å². The summed E-state index contributed by atoms with van der Waals surface area (Å²) in [7, 11) is 0. The molecule has 2 aromatic heterocycles. The summed E-state index contributed by atoms with van der Waals surface area (Å²) in [6, 6.07) is 11.5. The Morgan fingerprint density at radius 2 is 1.94 bits per heavy atom. The van der Waals surface area contributed by atoms with Crippen LogP contribution in [0.2, 0.25) is 0 Å². The van der Waals surface area contributed by atoms with Gasteiger partial charge in [0, 0.05) is 24.0 Å². The lowest BCUT2D eigenvalue weighted by Gasteiger charge is -2.35. The zero-order valence-electron chi connectivity index (χ0n) is 19.6. The Labute approximate surface area is 201 Å². The van der Waals surface area contributed by atoms with Crippen molar-refractivity contribution < 1.29 is 18.7 Å². The standard InChI is InChI=1S/C24H26FN7O3/c1-14-13-34-11-10-32(14)16-6-4-15(5-7-16)27-23-26-12-17(25)20(31-23)28-19-9-8-18-21(29-19)30-22(33)24(2,3)35-18/h4-9,12,14H,10-11,13H2,1-3H3,(H3,26,27,28,29,30,31,33)/t14-/m1/s1. The number of nitrogens with one attached hydrogen (secondary N) is 3. The first-order valence-corrected chi connectivity index (χ1v) is 11.3. The Kier molecular flexibility index (Phi) is 5.85. The zero-order valence-corrected chi connectivity index (χ0v) is 19.6. The zero-order chi connectivity index (χ0) is 24.6. The van der Waals surface area contributed by atoms with Crippen molar-refractivity contribution >= 4 is 40.7 Å². The van der Waals surface area contributed by atoms with Gasteiger partial charge in [-0.3, -0.25) is 4.79 Å². The van der Waals surface area contributed by atoms with Gasteiger partial charge in [0.15, 0.2) is 28.8 Å². The SMILES string of the molecule is C[C@@H]1COCCN1c1ccc(Nc2ncc(F)c(Nc3ccc4c(n3)NC(=O)C(C)(C)O4)n2)cc1. The number of hydrogen-bond acceptors (Lipinski definition) is 9. The van der Waals surface area contributed by atoms with Gasteiger partial charge in [0.1, 0.15) is 5.82 Å². The maximum atomic E-state index is 14.4. The van der Waals surface area contributed by atoms with Gasteiger partial charge >= 0.3 is 0 Å². The molecule has 3 N–H and O–H groups in total. The van der Waals surface area contributed by atoms with E-state index in [0.717, 1.165) is 24.1 Å². The molecule has 182 valence electrons. The van der Waals surface area contributed by atoms with Crippen LogP contribution in [-0.2, 0) is 9.53 Å². The fourth-order valence-electron chi connectivity index (χ4n) is 3.88. The molecule has 0 radical (unpaired) electrons. The predicted molar refractivity (Wildman–Crippen MR) is 130 cm³/mol. The Hall–Kier alpha value is -3.99. The molecule has 1 fully saturated rings. The maximum Gasteiger partial charge on any atom is 0.269 e. The monoisotopic (exact) mass is 479 g/mol. The topological polar surface area (TPSA) is 114 Å². The molecule has 3 aromatic rings. The van der Waals surface area contributed by atoms with E-state index in [1.807, 2.05) is 24.3 Å². The van der Waals surface area contributed by atoms with Crippen LogP contribution in [0.15, 0.2) is 42.6 Å². The molecule has 1 aromatic carbocycles. The summed E-state index contributed by atoms with van der Waals surface area (Å²) < 4.78 is 25.6. The number of hydrogen-bond donors (Lipinski definition) is 3. The first kappa shape index (κ1) is 22.8. The lowest BCUT2D eigenvalue weighted by molar-refractivity contribution is -0.129. The molecule has 5 rings (SSSR count). The molecular weight excluding hydrogens is 453 g/mol. The van der Waals surface area contributed by atoms with Gasteiger partial charge in [-0.1, -0.05) is 0 Å². The fraction of sp³-hybridized carbons (Fsp3) is 0.333. The van der Waals surface area contributed by atoms with Gasteiger partial charge in [0.05, 0.1) is 19.4 Å². The van der Waals surface area contributed by atoms with Gasteiger partial charge in [0.25, 0.3) is 5.91 Å². The molecule has 10 nitrogen and oxygen atoms in total. The second kappa shape index (κ2) is 8.99. The number of carbonyl (C=O) groups is 1. The Morgan fingerprint density at radius 1 is 1.14 bits per heavy atom. The number of rotatable bonds is 5. The van der Waals surface area contributed by atoms with Crippen molar-refractivity contribution in [1.29, 1.82) is 0 Å². The highest BCUT2D eigenvalue weighted by Crippen LogP contribution is 2.33. The lowest BCUT2D eigenvalue weighted by atomic mass is 10.1. The molecular formula is C24H26FN7O3. The summed E-state index contributed by atoms with van der Waals surface area (Å²) >= 11 is 0. The number of benzene rings is 1. The van der Waals surface area contributed by atoms with Crippen molar-refractivity contribution in [1.82, 2.24) is 15.0 Å². The lowest BCUT2D eigenvalue weighted by Crippen LogP contribution is -2.46. The third-order valence-electron chi connectivity index (χ3n) is 5.82. The van der Waals surface area contributed by atoms with Gasteiger partial charge in [-0.2, -0.15) is 4.98 Å². The number of pyridine rings is 1. The van der Waals surface area contributed by atoms with Crippen LogP contribution < -0.4 is 25.6 Å².